The molecule has 0 nitrogen and oxygen atoms in total. The van der Waals surface area contributed by atoms with Gasteiger partial charge in [0.2, 0.25) is 0 Å². The van der Waals surface area contributed by atoms with Crippen LogP contribution in [0.2, 0.25) is 0 Å². The highest BCUT2D eigenvalue weighted by atomic mass is 14.4. The number of rotatable bonds is 2. The van der Waals surface area contributed by atoms with E-state index in [1.807, 2.05) is 0 Å². The molecule has 15 heavy (non-hydrogen) atoms. The maximum atomic E-state index is 4.10. The molecule has 0 aromatic rings. The summed E-state index contributed by atoms with van der Waals surface area (Å²) in [4.78, 5) is 0. The lowest BCUT2D eigenvalue weighted by molar-refractivity contribution is 0.326. The van der Waals surface area contributed by atoms with Gasteiger partial charge in [-0.2, -0.15) is 0 Å². The Bertz CT molecular complexity index is 302. The fraction of sp³-hybridized carbons (Fsp3) is 0.600. The first kappa shape index (κ1) is 12.3. The molecule has 0 heteroatoms. The average Bonchev–Trinajstić information content (AvgIpc) is 2.17. The maximum absolute atomic E-state index is 4.10. The fourth-order valence-corrected chi connectivity index (χ4v) is 2.63. The third-order valence-corrected chi connectivity index (χ3v) is 3.90. The molecular weight excluding hydrogens is 180 g/mol. The van der Waals surface area contributed by atoms with Gasteiger partial charge in [-0.1, -0.05) is 36.3 Å². The third kappa shape index (κ3) is 2.42. The fourth-order valence-electron chi connectivity index (χ4n) is 2.63. The van der Waals surface area contributed by atoms with Crippen LogP contribution in [0.4, 0.5) is 0 Å². The van der Waals surface area contributed by atoms with Crippen molar-refractivity contribution in [1.82, 2.24) is 0 Å². The van der Waals surface area contributed by atoms with E-state index < -0.39 is 0 Å². The topological polar surface area (TPSA) is 0 Å². The zero-order valence-corrected chi connectivity index (χ0v) is 10.7. The van der Waals surface area contributed by atoms with E-state index in [1.165, 1.54) is 30.4 Å². The smallest absolute Gasteiger partial charge is 0.00627 e. The molecule has 1 fully saturated rings. The largest absolute Gasteiger partial charge is 0.102 e. The molecule has 1 saturated carbocycles. The van der Waals surface area contributed by atoms with E-state index in [2.05, 4.69) is 46.9 Å². The second-order valence-corrected chi connectivity index (χ2v) is 5.39. The second-order valence-electron chi connectivity index (χ2n) is 5.39. The van der Waals surface area contributed by atoms with Gasteiger partial charge in [-0.25, -0.2) is 0 Å². The van der Waals surface area contributed by atoms with E-state index in [4.69, 9.17) is 0 Å². The van der Waals surface area contributed by atoms with Crippen LogP contribution in [-0.4, -0.2) is 0 Å². The average molecular weight is 204 g/mol. The Hall–Kier alpha value is -0.780. The van der Waals surface area contributed by atoms with Crippen molar-refractivity contribution in [2.75, 3.05) is 0 Å². The first-order valence-corrected chi connectivity index (χ1v) is 5.86. The van der Waals surface area contributed by atoms with Crippen molar-refractivity contribution in [3.8, 4) is 0 Å². The van der Waals surface area contributed by atoms with Gasteiger partial charge in [0.15, 0.2) is 0 Å². The van der Waals surface area contributed by atoms with Gasteiger partial charge in [0.1, 0.15) is 0 Å². The molecule has 0 spiro atoms. The molecule has 0 N–H and O–H groups in total. The van der Waals surface area contributed by atoms with E-state index in [9.17, 15) is 0 Å². The Morgan fingerprint density at radius 2 is 2.00 bits per heavy atom. The monoisotopic (exact) mass is 204 g/mol. The summed E-state index contributed by atoms with van der Waals surface area (Å²) in [6, 6.07) is 0. The first-order chi connectivity index (χ1) is 6.90. The van der Waals surface area contributed by atoms with Gasteiger partial charge in [-0.05, 0) is 46.0 Å². The Balaban J connectivity index is 2.99. The van der Waals surface area contributed by atoms with Crippen LogP contribution >= 0.6 is 0 Å². The molecule has 1 aliphatic rings. The van der Waals surface area contributed by atoms with E-state index in [-0.39, 0.29) is 5.41 Å². The van der Waals surface area contributed by atoms with Gasteiger partial charge in [0.05, 0.1) is 0 Å². The number of allylic oxidation sites excluding steroid dienone is 4. The zero-order valence-electron chi connectivity index (χ0n) is 10.7. The van der Waals surface area contributed by atoms with Crippen LogP contribution in [0.15, 0.2) is 36.0 Å². The number of hydrogen-bond acceptors (Lipinski definition) is 0. The van der Waals surface area contributed by atoms with Crippen molar-refractivity contribution in [3.63, 3.8) is 0 Å². The third-order valence-electron chi connectivity index (χ3n) is 3.90. The van der Waals surface area contributed by atoms with E-state index in [1.54, 1.807) is 5.57 Å². The first-order valence-electron chi connectivity index (χ1n) is 5.86. The molecule has 84 valence electrons. The van der Waals surface area contributed by atoms with Crippen LogP contribution in [0, 0.1) is 11.3 Å². The number of hydrogen-bond donors (Lipinski definition) is 0. The van der Waals surface area contributed by atoms with Gasteiger partial charge in [-0.3, -0.25) is 0 Å². The summed E-state index contributed by atoms with van der Waals surface area (Å²) in [5.41, 5.74) is 4.60. The van der Waals surface area contributed by atoms with Gasteiger partial charge in [-0.15, -0.1) is 6.58 Å². The minimum atomic E-state index is 0.227. The second kappa shape index (κ2) is 4.38. The van der Waals surface area contributed by atoms with Crippen LogP contribution in [0.3, 0.4) is 0 Å². The van der Waals surface area contributed by atoms with Crippen LogP contribution in [0.25, 0.3) is 0 Å². The predicted octanol–water partition coefficient (Wildman–Crippen LogP) is 4.89. The molecule has 0 saturated heterocycles. The molecule has 2 atom stereocenters. The highest BCUT2D eigenvalue weighted by Gasteiger charge is 2.33. The van der Waals surface area contributed by atoms with E-state index in [0.29, 0.717) is 5.92 Å². The molecular formula is C15H24. The quantitative estimate of drug-likeness (QED) is 0.562. The summed E-state index contributed by atoms with van der Waals surface area (Å²) in [7, 11) is 0. The van der Waals surface area contributed by atoms with Crippen LogP contribution in [0.5, 0.6) is 0 Å². The summed E-state index contributed by atoms with van der Waals surface area (Å²) in [5, 5.41) is 0. The van der Waals surface area contributed by atoms with Gasteiger partial charge < -0.3 is 0 Å². The standard InChI is InChI=1S/C15H24/c1-7-15(6)9-8-13(11(2)3)10-14(15)12(4)5/h7,13H,1-2,8-10H2,3-6H3. The minimum absolute atomic E-state index is 0.227. The zero-order chi connectivity index (χ0) is 11.6. The predicted molar refractivity (Wildman–Crippen MR) is 68.8 cm³/mol. The molecule has 0 bridgehead atoms. The van der Waals surface area contributed by atoms with Crippen molar-refractivity contribution in [2.24, 2.45) is 11.3 Å². The summed E-state index contributed by atoms with van der Waals surface area (Å²) < 4.78 is 0. The molecule has 2 unspecified atom stereocenters. The normalized spacial score (nSPS) is 31.2. The Morgan fingerprint density at radius 1 is 1.40 bits per heavy atom. The highest BCUT2D eigenvalue weighted by molar-refractivity contribution is 5.28. The highest BCUT2D eigenvalue weighted by Crippen LogP contribution is 2.46. The lowest BCUT2D eigenvalue weighted by atomic mass is 9.66. The lowest BCUT2D eigenvalue weighted by Crippen LogP contribution is -2.26. The lowest BCUT2D eigenvalue weighted by Gasteiger charge is -2.39. The van der Waals surface area contributed by atoms with Crippen LogP contribution in [0.1, 0.15) is 47.0 Å². The van der Waals surface area contributed by atoms with E-state index >= 15 is 0 Å². The Morgan fingerprint density at radius 3 is 2.40 bits per heavy atom. The SMILES string of the molecule is C=CC1(C)CCC(C(=C)C)CC1=C(C)C. The molecule has 0 aliphatic heterocycles. The van der Waals surface area contributed by atoms with Gasteiger partial charge in [0.25, 0.3) is 0 Å². The van der Waals surface area contributed by atoms with Gasteiger partial charge >= 0.3 is 0 Å². The van der Waals surface area contributed by atoms with E-state index in [0.717, 1.165) is 0 Å². The maximum Gasteiger partial charge on any atom is 0.00627 e. The Kier molecular flexibility index (Phi) is 3.59. The summed E-state index contributed by atoms with van der Waals surface area (Å²) in [5.74, 6) is 0.683. The molecule has 0 aromatic heterocycles. The van der Waals surface area contributed by atoms with Gasteiger partial charge in [0, 0.05) is 5.41 Å². The molecule has 1 aliphatic carbocycles. The molecule has 0 aromatic carbocycles. The van der Waals surface area contributed by atoms with Crippen molar-refractivity contribution < 1.29 is 0 Å². The van der Waals surface area contributed by atoms with Crippen LogP contribution < -0.4 is 0 Å². The minimum Gasteiger partial charge on any atom is -0.102 e. The van der Waals surface area contributed by atoms with Crippen molar-refractivity contribution in [1.29, 1.82) is 0 Å². The molecule has 1 rings (SSSR count). The van der Waals surface area contributed by atoms with Crippen molar-refractivity contribution >= 4 is 0 Å². The summed E-state index contributed by atoms with van der Waals surface area (Å²) in [6.45, 7) is 17.0. The Labute approximate surface area is 94.8 Å². The summed E-state index contributed by atoms with van der Waals surface area (Å²) >= 11 is 0. The summed E-state index contributed by atoms with van der Waals surface area (Å²) in [6.07, 6.45) is 5.79. The molecule has 0 heterocycles. The van der Waals surface area contributed by atoms with Crippen LogP contribution in [-0.2, 0) is 0 Å². The van der Waals surface area contributed by atoms with Crippen molar-refractivity contribution in [2.45, 2.75) is 47.0 Å². The molecule has 0 radical (unpaired) electrons. The molecule has 0 amide bonds. The van der Waals surface area contributed by atoms with Crippen molar-refractivity contribution in [3.05, 3.63) is 36.0 Å².